The molecule has 150 valence electrons. The molecule has 4 rings (SSSR count). The number of nitrogens with zero attached hydrogens (tertiary/aromatic N) is 1. The van der Waals surface area contributed by atoms with Crippen LogP contribution in [0.4, 0.5) is 0 Å². The first kappa shape index (κ1) is 21.5. The highest BCUT2D eigenvalue weighted by Crippen LogP contribution is 2.26. The zero-order chi connectivity index (χ0) is 18.6. The standard InChI is InChI=1S/C23H26Cl2N2.ClH/c24-19-12-11-17(22(25)13-19)15-27-16-18(21-9-5-6-10-23(21)27)14-26-20-7-3-1-2-4-8-20;/h5-6,9-13,16,20,26H,1-4,7-8,14-15H2;1H. The predicted molar refractivity (Wildman–Crippen MR) is 123 cm³/mol. The molecule has 2 aromatic carbocycles. The number of halogens is 3. The number of fused-ring (bicyclic) bond motifs is 1. The van der Waals surface area contributed by atoms with Gasteiger partial charge in [0, 0.05) is 46.3 Å². The summed E-state index contributed by atoms with van der Waals surface area (Å²) in [6.45, 7) is 1.67. The molecular formula is C23H27Cl3N2. The molecule has 0 atom stereocenters. The van der Waals surface area contributed by atoms with E-state index in [0.717, 1.165) is 23.7 Å². The Bertz CT molecular complexity index is 911. The van der Waals surface area contributed by atoms with Crippen LogP contribution in [0.2, 0.25) is 10.0 Å². The van der Waals surface area contributed by atoms with E-state index >= 15 is 0 Å². The lowest BCUT2D eigenvalue weighted by molar-refractivity contribution is 0.459. The maximum Gasteiger partial charge on any atom is 0.0491 e. The van der Waals surface area contributed by atoms with Crippen molar-refractivity contribution < 1.29 is 0 Å². The zero-order valence-corrected chi connectivity index (χ0v) is 18.3. The lowest BCUT2D eigenvalue weighted by atomic mass is 10.1. The van der Waals surface area contributed by atoms with Crippen molar-refractivity contribution in [3.63, 3.8) is 0 Å². The van der Waals surface area contributed by atoms with Crippen molar-refractivity contribution in [2.45, 2.75) is 57.7 Å². The van der Waals surface area contributed by atoms with Crippen LogP contribution in [-0.4, -0.2) is 10.6 Å². The highest BCUT2D eigenvalue weighted by Gasteiger charge is 2.14. The molecule has 0 unspecified atom stereocenters. The molecule has 5 heteroatoms. The third-order valence-electron chi connectivity index (χ3n) is 5.66. The van der Waals surface area contributed by atoms with Crippen molar-refractivity contribution in [1.29, 1.82) is 0 Å². The Balaban J connectivity index is 0.00000225. The van der Waals surface area contributed by atoms with Crippen LogP contribution < -0.4 is 5.32 Å². The topological polar surface area (TPSA) is 17.0 Å². The van der Waals surface area contributed by atoms with Gasteiger partial charge in [0.2, 0.25) is 0 Å². The fourth-order valence-electron chi connectivity index (χ4n) is 4.17. The van der Waals surface area contributed by atoms with Gasteiger partial charge in [0.1, 0.15) is 0 Å². The van der Waals surface area contributed by atoms with Crippen molar-refractivity contribution in [2.24, 2.45) is 0 Å². The molecule has 28 heavy (non-hydrogen) atoms. The number of aromatic nitrogens is 1. The van der Waals surface area contributed by atoms with Gasteiger partial charge in [0.05, 0.1) is 0 Å². The SMILES string of the molecule is Cl.Clc1ccc(Cn2cc(CNC3CCCCCC3)c3ccccc32)c(Cl)c1. The Morgan fingerprint density at radius 1 is 0.929 bits per heavy atom. The van der Waals surface area contributed by atoms with Gasteiger partial charge in [-0.15, -0.1) is 12.4 Å². The number of para-hydroxylation sites is 1. The molecule has 1 N–H and O–H groups in total. The molecule has 3 aromatic rings. The number of hydrogen-bond donors (Lipinski definition) is 1. The first-order valence-electron chi connectivity index (χ1n) is 9.95. The van der Waals surface area contributed by atoms with Gasteiger partial charge in [-0.05, 0) is 42.2 Å². The summed E-state index contributed by atoms with van der Waals surface area (Å²) in [5, 5.41) is 6.53. The Morgan fingerprint density at radius 3 is 2.43 bits per heavy atom. The fraction of sp³-hybridized carbons (Fsp3) is 0.391. The van der Waals surface area contributed by atoms with Gasteiger partial charge in [-0.3, -0.25) is 0 Å². The number of rotatable bonds is 5. The lowest BCUT2D eigenvalue weighted by Crippen LogP contribution is -2.27. The molecule has 0 bridgehead atoms. The van der Waals surface area contributed by atoms with Crippen molar-refractivity contribution in [3.05, 3.63) is 69.8 Å². The monoisotopic (exact) mass is 436 g/mol. The Labute approximate surface area is 183 Å². The summed E-state index contributed by atoms with van der Waals surface area (Å²) in [5.41, 5.74) is 3.70. The third-order valence-corrected chi connectivity index (χ3v) is 6.25. The van der Waals surface area contributed by atoms with Crippen LogP contribution >= 0.6 is 35.6 Å². The fourth-order valence-corrected chi connectivity index (χ4v) is 4.63. The van der Waals surface area contributed by atoms with E-state index in [0.29, 0.717) is 11.1 Å². The number of benzene rings is 2. The van der Waals surface area contributed by atoms with Gasteiger partial charge in [-0.25, -0.2) is 0 Å². The Hall–Kier alpha value is -1.19. The summed E-state index contributed by atoms with van der Waals surface area (Å²) >= 11 is 12.5. The van der Waals surface area contributed by atoms with Gasteiger partial charge in [-0.1, -0.05) is 73.2 Å². The van der Waals surface area contributed by atoms with Gasteiger partial charge >= 0.3 is 0 Å². The Morgan fingerprint density at radius 2 is 1.68 bits per heavy atom. The first-order chi connectivity index (χ1) is 13.2. The van der Waals surface area contributed by atoms with Gasteiger partial charge < -0.3 is 9.88 Å². The van der Waals surface area contributed by atoms with E-state index in [-0.39, 0.29) is 12.4 Å². The van der Waals surface area contributed by atoms with E-state index in [9.17, 15) is 0 Å². The lowest BCUT2D eigenvalue weighted by Gasteiger charge is -2.15. The second-order valence-corrected chi connectivity index (χ2v) is 8.45. The largest absolute Gasteiger partial charge is 0.343 e. The third kappa shape index (κ3) is 5.04. The molecule has 1 aromatic heterocycles. The molecule has 1 heterocycles. The van der Waals surface area contributed by atoms with Crippen LogP contribution in [0.15, 0.2) is 48.7 Å². The molecule has 1 aliphatic carbocycles. The molecular weight excluding hydrogens is 411 g/mol. The average molecular weight is 438 g/mol. The molecule has 1 fully saturated rings. The average Bonchev–Trinajstić information content (AvgIpc) is 2.83. The van der Waals surface area contributed by atoms with Crippen LogP contribution in [0.25, 0.3) is 10.9 Å². The molecule has 2 nitrogen and oxygen atoms in total. The molecule has 0 aliphatic heterocycles. The minimum Gasteiger partial charge on any atom is -0.343 e. The van der Waals surface area contributed by atoms with E-state index in [1.54, 1.807) is 0 Å². The molecule has 0 amide bonds. The summed E-state index contributed by atoms with van der Waals surface area (Å²) in [7, 11) is 0. The van der Waals surface area contributed by atoms with Gasteiger partial charge in [-0.2, -0.15) is 0 Å². The van der Waals surface area contributed by atoms with Crippen molar-refractivity contribution in [3.8, 4) is 0 Å². The van der Waals surface area contributed by atoms with E-state index in [1.807, 2.05) is 18.2 Å². The van der Waals surface area contributed by atoms with Crippen LogP contribution in [0, 0.1) is 0 Å². The minimum absolute atomic E-state index is 0. The van der Waals surface area contributed by atoms with E-state index in [2.05, 4.69) is 40.3 Å². The minimum atomic E-state index is 0. The quantitative estimate of drug-likeness (QED) is 0.416. The van der Waals surface area contributed by atoms with Crippen LogP contribution in [0.3, 0.4) is 0 Å². The maximum atomic E-state index is 6.41. The Kier molecular flexibility index (Phi) is 7.70. The smallest absolute Gasteiger partial charge is 0.0491 e. The predicted octanol–water partition coefficient (Wildman–Crippen LogP) is 7.23. The van der Waals surface area contributed by atoms with Crippen LogP contribution in [0.1, 0.15) is 49.7 Å². The van der Waals surface area contributed by atoms with Crippen LogP contribution in [0.5, 0.6) is 0 Å². The summed E-state index contributed by atoms with van der Waals surface area (Å²) in [6, 6.07) is 15.0. The van der Waals surface area contributed by atoms with E-state index < -0.39 is 0 Å². The first-order valence-corrected chi connectivity index (χ1v) is 10.7. The summed E-state index contributed by atoms with van der Waals surface area (Å²) in [5.74, 6) is 0. The summed E-state index contributed by atoms with van der Waals surface area (Å²) in [4.78, 5) is 0. The molecule has 1 saturated carbocycles. The van der Waals surface area contributed by atoms with Crippen LogP contribution in [-0.2, 0) is 13.1 Å². The summed E-state index contributed by atoms with van der Waals surface area (Å²) in [6.07, 6.45) is 10.4. The highest BCUT2D eigenvalue weighted by atomic mass is 35.5. The second kappa shape index (κ2) is 10.0. The zero-order valence-electron chi connectivity index (χ0n) is 16.0. The summed E-state index contributed by atoms with van der Waals surface area (Å²) < 4.78 is 2.30. The molecule has 1 aliphatic rings. The number of hydrogen-bond acceptors (Lipinski definition) is 1. The number of nitrogens with one attached hydrogen (secondary N) is 1. The maximum absolute atomic E-state index is 6.41. The second-order valence-electron chi connectivity index (χ2n) is 7.60. The van der Waals surface area contributed by atoms with Crippen molar-refractivity contribution in [1.82, 2.24) is 9.88 Å². The molecule has 0 radical (unpaired) electrons. The van der Waals surface area contributed by atoms with E-state index in [1.165, 1.54) is 55.0 Å². The molecule has 0 saturated heterocycles. The van der Waals surface area contributed by atoms with Crippen molar-refractivity contribution >= 4 is 46.5 Å². The normalized spacial score (nSPS) is 15.4. The molecule has 0 spiro atoms. The van der Waals surface area contributed by atoms with Gasteiger partial charge in [0.15, 0.2) is 0 Å². The van der Waals surface area contributed by atoms with Crippen molar-refractivity contribution in [2.75, 3.05) is 0 Å². The highest BCUT2D eigenvalue weighted by molar-refractivity contribution is 6.35. The van der Waals surface area contributed by atoms with Gasteiger partial charge in [0.25, 0.3) is 0 Å². The van der Waals surface area contributed by atoms with E-state index in [4.69, 9.17) is 23.2 Å².